The van der Waals surface area contributed by atoms with Crippen molar-refractivity contribution in [1.29, 1.82) is 0 Å². The highest BCUT2D eigenvalue weighted by molar-refractivity contribution is 5.95. The summed E-state index contributed by atoms with van der Waals surface area (Å²) in [5, 5.41) is 16.7. The first-order chi connectivity index (χ1) is 9.90. The van der Waals surface area contributed by atoms with Gasteiger partial charge >= 0.3 is 0 Å². The van der Waals surface area contributed by atoms with Crippen molar-refractivity contribution in [2.75, 3.05) is 6.61 Å². The van der Waals surface area contributed by atoms with Crippen LogP contribution >= 0.6 is 0 Å². The largest absolute Gasteiger partial charge is 0.394 e. The lowest BCUT2D eigenvalue weighted by molar-refractivity contribution is 0.0755. The second kappa shape index (κ2) is 5.97. The van der Waals surface area contributed by atoms with Gasteiger partial charge in [-0.1, -0.05) is 19.3 Å². The number of carbonyl (C=O) groups is 1. The van der Waals surface area contributed by atoms with Gasteiger partial charge in [-0.3, -0.25) is 9.59 Å². The molecule has 0 aliphatic heterocycles. The molecule has 116 valence electrons. The van der Waals surface area contributed by atoms with Crippen LogP contribution in [0.15, 0.2) is 4.79 Å². The Balaban J connectivity index is 2.34. The fourth-order valence-electron chi connectivity index (χ4n) is 2.97. The number of aryl methyl sites for hydroxylation is 2. The highest BCUT2D eigenvalue weighted by Crippen LogP contribution is 2.28. The first-order valence-corrected chi connectivity index (χ1v) is 7.38. The molecule has 1 aliphatic rings. The van der Waals surface area contributed by atoms with E-state index in [1.54, 1.807) is 13.8 Å². The number of aromatic nitrogens is 2. The molecule has 1 aliphatic carbocycles. The van der Waals surface area contributed by atoms with E-state index in [-0.39, 0.29) is 12.2 Å². The summed E-state index contributed by atoms with van der Waals surface area (Å²) in [4.78, 5) is 24.8. The Bertz CT molecular complexity index is 601. The highest BCUT2D eigenvalue weighted by atomic mass is 16.3. The monoisotopic (exact) mass is 293 g/mol. The third-order valence-corrected chi connectivity index (χ3v) is 4.44. The summed E-state index contributed by atoms with van der Waals surface area (Å²) in [6.07, 6.45) is 4.57. The van der Waals surface area contributed by atoms with Crippen LogP contribution in [0.4, 0.5) is 0 Å². The van der Waals surface area contributed by atoms with Crippen LogP contribution in [-0.2, 0) is 7.05 Å². The van der Waals surface area contributed by atoms with Crippen molar-refractivity contribution in [1.82, 2.24) is 15.1 Å². The van der Waals surface area contributed by atoms with Crippen molar-refractivity contribution in [2.24, 2.45) is 7.05 Å². The van der Waals surface area contributed by atoms with Gasteiger partial charge in [0.2, 0.25) is 0 Å². The minimum absolute atomic E-state index is 0.0951. The SMILES string of the molecule is Cc1nn(C)c(=O)c(C(=O)NC2(CO)CCCCC2)c1C. The fraction of sp³-hybridized carbons (Fsp3) is 0.667. The number of nitrogens with zero attached hydrogens (tertiary/aromatic N) is 2. The first-order valence-electron chi connectivity index (χ1n) is 7.38. The summed E-state index contributed by atoms with van der Waals surface area (Å²) in [6.45, 7) is 3.40. The molecule has 6 heteroatoms. The molecule has 1 saturated carbocycles. The molecule has 0 bridgehead atoms. The molecule has 0 aromatic carbocycles. The maximum absolute atomic E-state index is 12.6. The van der Waals surface area contributed by atoms with Crippen molar-refractivity contribution >= 4 is 5.91 Å². The number of hydrogen-bond donors (Lipinski definition) is 2. The molecule has 1 aromatic heterocycles. The zero-order valence-corrected chi connectivity index (χ0v) is 12.9. The Hall–Kier alpha value is -1.69. The smallest absolute Gasteiger partial charge is 0.279 e. The Morgan fingerprint density at radius 2 is 1.95 bits per heavy atom. The van der Waals surface area contributed by atoms with Gasteiger partial charge in [-0.2, -0.15) is 5.10 Å². The fourth-order valence-corrected chi connectivity index (χ4v) is 2.97. The number of aliphatic hydroxyl groups excluding tert-OH is 1. The van der Waals surface area contributed by atoms with Crippen LogP contribution in [0.1, 0.15) is 53.7 Å². The van der Waals surface area contributed by atoms with E-state index in [1.165, 1.54) is 11.7 Å². The third kappa shape index (κ3) is 3.00. The molecule has 0 saturated heterocycles. The van der Waals surface area contributed by atoms with Gasteiger partial charge in [-0.25, -0.2) is 4.68 Å². The Kier molecular flexibility index (Phi) is 4.46. The summed E-state index contributed by atoms with van der Waals surface area (Å²) in [5.41, 5.74) is 0.385. The van der Waals surface area contributed by atoms with Crippen molar-refractivity contribution in [3.05, 3.63) is 27.2 Å². The molecule has 0 spiro atoms. The maximum Gasteiger partial charge on any atom is 0.279 e. The summed E-state index contributed by atoms with van der Waals surface area (Å²) in [7, 11) is 1.54. The first kappa shape index (κ1) is 15.7. The number of carbonyl (C=O) groups excluding carboxylic acids is 1. The van der Waals surface area contributed by atoms with Gasteiger partial charge in [0.25, 0.3) is 11.5 Å². The summed E-state index contributed by atoms with van der Waals surface area (Å²) in [5.74, 6) is -0.408. The number of amides is 1. The van der Waals surface area contributed by atoms with E-state index >= 15 is 0 Å². The van der Waals surface area contributed by atoms with Gasteiger partial charge in [-0.15, -0.1) is 0 Å². The van der Waals surface area contributed by atoms with Crippen LogP contribution in [0.2, 0.25) is 0 Å². The van der Waals surface area contributed by atoms with Crippen LogP contribution < -0.4 is 10.9 Å². The Morgan fingerprint density at radius 3 is 2.52 bits per heavy atom. The molecule has 6 nitrogen and oxygen atoms in total. The molecule has 1 fully saturated rings. The summed E-state index contributed by atoms with van der Waals surface area (Å²) >= 11 is 0. The molecule has 0 atom stereocenters. The van der Waals surface area contributed by atoms with Crippen LogP contribution in [-0.4, -0.2) is 32.9 Å². The van der Waals surface area contributed by atoms with Crippen molar-refractivity contribution in [3.63, 3.8) is 0 Å². The van der Waals surface area contributed by atoms with Crippen LogP contribution in [0.25, 0.3) is 0 Å². The van der Waals surface area contributed by atoms with Crippen LogP contribution in [0, 0.1) is 13.8 Å². The predicted octanol–water partition coefficient (Wildman–Crippen LogP) is 0.822. The van der Waals surface area contributed by atoms with E-state index in [0.717, 1.165) is 32.1 Å². The molecular formula is C15H23N3O3. The minimum atomic E-state index is -0.593. The molecule has 0 unspecified atom stereocenters. The van der Waals surface area contributed by atoms with Gasteiger partial charge in [-0.05, 0) is 32.3 Å². The second-order valence-electron chi connectivity index (χ2n) is 5.97. The average molecular weight is 293 g/mol. The number of rotatable bonds is 3. The lowest BCUT2D eigenvalue weighted by Gasteiger charge is -2.36. The van der Waals surface area contributed by atoms with E-state index in [4.69, 9.17) is 0 Å². The van der Waals surface area contributed by atoms with E-state index in [0.29, 0.717) is 11.3 Å². The lowest BCUT2D eigenvalue weighted by Crippen LogP contribution is -2.53. The molecular weight excluding hydrogens is 270 g/mol. The number of nitrogens with one attached hydrogen (secondary N) is 1. The van der Waals surface area contributed by atoms with Gasteiger partial charge in [0.05, 0.1) is 17.8 Å². The molecule has 1 amide bonds. The normalized spacial score (nSPS) is 17.5. The van der Waals surface area contributed by atoms with Gasteiger partial charge < -0.3 is 10.4 Å². The average Bonchev–Trinajstić information content (AvgIpc) is 2.46. The second-order valence-corrected chi connectivity index (χ2v) is 5.97. The molecule has 1 heterocycles. The molecule has 21 heavy (non-hydrogen) atoms. The van der Waals surface area contributed by atoms with Crippen LogP contribution in [0.5, 0.6) is 0 Å². The van der Waals surface area contributed by atoms with E-state index in [9.17, 15) is 14.7 Å². The predicted molar refractivity (Wildman–Crippen MR) is 79.3 cm³/mol. The number of aliphatic hydroxyl groups is 1. The molecule has 1 aromatic rings. The zero-order valence-electron chi connectivity index (χ0n) is 12.9. The van der Waals surface area contributed by atoms with Crippen molar-refractivity contribution < 1.29 is 9.90 Å². The molecule has 2 N–H and O–H groups in total. The van der Waals surface area contributed by atoms with Gasteiger partial charge in [0.15, 0.2) is 0 Å². The summed E-state index contributed by atoms with van der Waals surface area (Å²) in [6, 6.07) is 0. The zero-order chi connectivity index (χ0) is 15.6. The highest BCUT2D eigenvalue weighted by Gasteiger charge is 2.34. The topological polar surface area (TPSA) is 84.2 Å². The van der Waals surface area contributed by atoms with E-state index in [1.807, 2.05) is 0 Å². The van der Waals surface area contributed by atoms with E-state index in [2.05, 4.69) is 10.4 Å². The van der Waals surface area contributed by atoms with Crippen molar-refractivity contribution in [2.45, 2.75) is 51.5 Å². The maximum atomic E-state index is 12.6. The summed E-state index contributed by atoms with van der Waals surface area (Å²) < 4.78 is 1.18. The van der Waals surface area contributed by atoms with Gasteiger partial charge in [0, 0.05) is 7.05 Å². The Morgan fingerprint density at radius 1 is 1.33 bits per heavy atom. The lowest BCUT2D eigenvalue weighted by atomic mass is 9.82. The number of hydrogen-bond acceptors (Lipinski definition) is 4. The van der Waals surface area contributed by atoms with E-state index < -0.39 is 17.0 Å². The minimum Gasteiger partial charge on any atom is -0.394 e. The van der Waals surface area contributed by atoms with Crippen LogP contribution in [0.3, 0.4) is 0 Å². The molecule has 0 radical (unpaired) electrons. The standard InChI is InChI=1S/C15H23N3O3/c1-10-11(2)17-18(3)14(21)12(10)13(20)16-15(9-19)7-5-4-6-8-15/h19H,4-9H2,1-3H3,(H,16,20). The van der Waals surface area contributed by atoms with Gasteiger partial charge in [0.1, 0.15) is 5.56 Å². The quantitative estimate of drug-likeness (QED) is 0.864. The Labute approximate surface area is 124 Å². The third-order valence-electron chi connectivity index (χ3n) is 4.44. The van der Waals surface area contributed by atoms with Crippen molar-refractivity contribution in [3.8, 4) is 0 Å². The molecule has 2 rings (SSSR count).